The predicted octanol–water partition coefficient (Wildman–Crippen LogP) is 5.38. The van der Waals surface area contributed by atoms with E-state index in [1.54, 1.807) is 0 Å². The Hall–Kier alpha value is -3.31. The molecule has 4 rings (SSSR count). The second-order valence-electron chi connectivity index (χ2n) is 5.86. The lowest BCUT2D eigenvalue weighted by Crippen LogP contribution is -1.92. The highest BCUT2D eigenvalue weighted by Gasteiger charge is 2.18. The summed E-state index contributed by atoms with van der Waals surface area (Å²) in [6, 6.07) is 29.0. The van der Waals surface area contributed by atoms with E-state index >= 15 is 0 Å². The molecule has 4 aromatic rings. The molecule has 0 aliphatic rings. The molecule has 0 N–H and O–H groups in total. The van der Waals surface area contributed by atoms with Crippen LogP contribution in [0.4, 0.5) is 0 Å². The van der Waals surface area contributed by atoms with Crippen LogP contribution in [0.3, 0.4) is 0 Å². The summed E-state index contributed by atoms with van der Waals surface area (Å²) in [5.74, 6) is 0. The topological polar surface area (TPSA) is 28.7 Å². The second-order valence-corrected chi connectivity index (χ2v) is 5.86. The molecule has 0 spiro atoms. The Bertz CT molecular complexity index is 1050. The van der Waals surface area contributed by atoms with Gasteiger partial charge in [0.2, 0.25) is 0 Å². The van der Waals surface area contributed by atoms with Crippen LogP contribution < -0.4 is 0 Å². The van der Waals surface area contributed by atoms with Crippen molar-refractivity contribution in [1.82, 2.24) is 4.57 Å². The van der Waals surface area contributed by atoms with Crippen molar-refractivity contribution in [3.05, 3.63) is 84.4 Å². The maximum absolute atomic E-state index is 9.29. The van der Waals surface area contributed by atoms with Crippen molar-refractivity contribution in [2.24, 2.45) is 7.05 Å². The van der Waals surface area contributed by atoms with Gasteiger partial charge in [-0.1, -0.05) is 60.7 Å². The summed E-state index contributed by atoms with van der Waals surface area (Å²) in [7, 11) is 2.09. The maximum atomic E-state index is 9.29. The molecule has 2 heteroatoms. The fourth-order valence-electron chi connectivity index (χ4n) is 3.35. The average Bonchev–Trinajstić information content (AvgIpc) is 2.95. The number of benzene rings is 3. The lowest BCUT2D eigenvalue weighted by atomic mass is 9.98. The minimum Gasteiger partial charge on any atom is -0.343 e. The van der Waals surface area contributed by atoms with Gasteiger partial charge in [0, 0.05) is 23.5 Å². The zero-order chi connectivity index (χ0) is 16.5. The highest BCUT2D eigenvalue weighted by atomic mass is 15.0. The number of nitriles is 1. The van der Waals surface area contributed by atoms with E-state index in [-0.39, 0.29) is 0 Å². The first kappa shape index (κ1) is 14.3. The zero-order valence-electron chi connectivity index (χ0n) is 13.4. The highest BCUT2D eigenvalue weighted by Crippen LogP contribution is 2.40. The molecular formula is C22H16N2. The summed E-state index contributed by atoms with van der Waals surface area (Å²) >= 11 is 0. The molecule has 0 amide bonds. The molecule has 0 atom stereocenters. The van der Waals surface area contributed by atoms with E-state index in [2.05, 4.69) is 66.2 Å². The van der Waals surface area contributed by atoms with E-state index in [0.717, 1.165) is 16.5 Å². The lowest BCUT2D eigenvalue weighted by Gasteiger charge is -2.08. The van der Waals surface area contributed by atoms with Crippen LogP contribution in [0.2, 0.25) is 0 Å². The Morgan fingerprint density at radius 2 is 1.42 bits per heavy atom. The number of hydrogen-bond acceptors (Lipinski definition) is 1. The molecule has 0 bridgehead atoms. The second kappa shape index (κ2) is 5.72. The van der Waals surface area contributed by atoms with Crippen molar-refractivity contribution in [2.45, 2.75) is 0 Å². The molecule has 24 heavy (non-hydrogen) atoms. The minimum atomic E-state index is 0.685. The number of hydrogen-bond donors (Lipinski definition) is 0. The molecule has 0 unspecified atom stereocenters. The Morgan fingerprint density at radius 3 is 2.04 bits per heavy atom. The molecular weight excluding hydrogens is 292 g/mol. The molecule has 0 aliphatic heterocycles. The first-order chi connectivity index (χ1) is 11.8. The molecule has 3 aromatic carbocycles. The monoisotopic (exact) mass is 308 g/mol. The molecule has 0 aliphatic carbocycles. The van der Waals surface area contributed by atoms with Crippen molar-refractivity contribution in [2.75, 3.05) is 0 Å². The Kier molecular flexibility index (Phi) is 3.40. The van der Waals surface area contributed by atoms with Crippen LogP contribution in [-0.4, -0.2) is 4.57 Å². The quantitative estimate of drug-likeness (QED) is 0.488. The van der Waals surface area contributed by atoms with Crippen LogP contribution in [-0.2, 0) is 7.05 Å². The maximum Gasteiger partial charge on any atom is 0.0991 e. The van der Waals surface area contributed by atoms with Gasteiger partial charge in [-0.25, -0.2) is 0 Å². The third kappa shape index (κ3) is 2.19. The number of fused-ring (bicyclic) bond motifs is 1. The predicted molar refractivity (Wildman–Crippen MR) is 98.5 cm³/mol. The van der Waals surface area contributed by atoms with E-state index in [1.807, 2.05) is 30.3 Å². The van der Waals surface area contributed by atoms with Crippen LogP contribution in [0.15, 0.2) is 78.9 Å². The van der Waals surface area contributed by atoms with Gasteiger partial charge in [-0.2, -0.15) is 5.26 Å². The van der Waals surface area contributed by atoms with Gasteiger partial charge >= 0.3 is 0 Å². The van der Waals surface area contributed by atoms with Crippen molar-refractivity contribution in [3.63, 3.8) is 0 Å². The van der Waals surface area contributed by atoms with E-state index in [4.69, 9.17) is 0 Å². The number of rotatable bonds is 2. The van der Waals surface area contributed by atoms with Crippen molar-refractivity contribution < 1.29 is 0 Å². The Labute approximate surface area is 141 Å². The van der Waals surface area contributed by atoms with E-state index < -0.39 is 0 Å². The van der Waals surface area contributed by atoms with Gasteiger partial charge in [-0.15, -0.1) is 0 Å². The molecule has 0 saturated carbocycles. The van der Waals surface area contributed by atoms with Crippen LogP contribution in [0.5, 0.6) is 0 Å². The summed E-state index contributed by atoms with van der Waals surface area (Å²) < 4.78 is 2.22. The van der Waals surface area contributed by atoms with Gasteiger partial charge < -0.3 is 4.57 Å². The van der Waals surface area contributed by atoms with Gasteiger partial charge in [0.15, 0.2) is 0 Å². The minimum absolute atomic E-state index is 0.685. The number of aromatic nitrogens is 1. The summed E-state index contributed by atoms with van der Waals surface area (Å²) in [5, 5.41) is 10.4. The first-order valence-corrected chi connectivity index (χ1v) is 7.93. The molecule has 0 fully saturated rings. The Morgan fingerprint density at radius 1 is 0.792 bits per heavy atom. The van der Waals surface area contributed by atoms with Crippen LogP contribution in [0.1, 0.15) is 5.56 Å². The van der Waals surface area contributed by atoms with Crippen molar-refractivity contribution in [1.29, 1.82) is 5.26 Å². The van der Waals surface area contributed by atoms with Crippen LogP contribution in [0, 0.1) is 11.3 Å². The number of aryl methyl sites for hydroxylation is 1. The zero-order valence-corrected chi connectivity index (χ0v) is 13.4. The summed E-state index contributed by atoms with van der Waals surface area (Å²) in [5.41, 5.74) is 6.51. The SMILES string of the molecule is Cn1c(-c2ccccc2)c(-c2ccccc2)c2cc(C#N)ccc21. The summed E-state index contributed by atoms with van der Waals surface area (Å²) in [4.78, 5) is 0. The fraction of sp³-hybridized carbons (Fsp3) is 0.0455. The van der Waals surface area contributed by atoms with Gasteiger partial charge in [-0.3, -0.25) is 0 Å². The molecule has 1 aromatic heterocycles. The van der Waals surface area contributed by atoms with Gasteiger partial charge in [0.1, 0.15) is 0 Å². The first-order valence-electron chi connectivity index (χ1n) is 7.93. The Balaban J connectivity index is 2.15. The summed E-state index contributed by atoms with van der Waals surface area (Å²) in [6.45, 7) is 0. The largest absolute Gasteiger partial charge is 0.343 e. The molecule has 114 valence electrons. The van der Waals surface area contributed by atoms with E-state index in [1.165, 1.54) is 16.8 Å². The average molecular weight is 308 g/mol. The van der Waals surface area contributed by atoms with E-state index in [9.17, 15) is 5.26 Å². The van der Waals surface area contributed by atoms with Crippen LogP contribution >= 0.6 is 0 Å². The van der Waals surface area contributed by atoms with E-state index in [0.29, 0.717) is 5.56 Å². The molecule has 2 nitrogen and oxygen atoms in total. The van der Waals surface area contributed by atoms with Gasteiger partial charge in [0.05, 0.1) is 17.3 Å². The third-order valence-corrected chi connectivity index (χ3v) is 4.44. The van der Waals surface area contributed by atoms with Gasteiger partial charge in [-0.05, 0) is 29.3 Å². The number of nitrogens with zero attached hydrogens (tertiary/aromatic N) is 2. The standard InChI is InChI=1S/C22H16N2/c1-24-20-13-12-16(15-23)14-19(20)21(17-8-4-2-5-9-17)22(24)18-10-6-3-7-11-18/h2-14H,1H3. The van der Waals surface area contributed by atoms with Gasteiger partial charge in [0.25, 0.3) is 0 Å². The van der Waals surface area contributed by atoms with Crippen LogP contribution in [0.25, 0.3) is 33.3 Å². The molecule has 0 saturated heterocycles. The lowest BCUT2D eigenvalue weighted by molar-refractivity contribution is 0.979. The van der Waals surface area contributed by atoms with Crippen molar-refractivity contribution in [3.8, 4) is 28.5 Å². The molecule has 0 radical (unpaired) electrons. The third-order valence-electron chi connectivity index (χ3n) is 4.44. The fourth-order valence-corrected chi connectivity index (χ4v) is 3.35. The smallest absolute Gasteiger partial charge is 0.0991 e. The highest BCUT2D eigenvalue weighted by molar-refractivity contribution is 6.04. The normalized spacial score (nSPS) is 10.7. The van der Waals surface area contributed by atoms with Crippen molar-refractivity contribution >= 4 is 10.9 Å². The summed E-state index contributed by atoms with van der Waals surface area (Å²) in [6.07, 6.45) is 0. The molecule has 1 heterocycles.